The average Bonchev–Trinajstić information content (AvgIpc) is 2.66. The lowest BCUT2D eigenvalue weighted by Gasteiger charge is -2.29. The van der Waals surface area contributed by atoms with Crippen LogP contribution >= 0.6 is 0 Å². The van der Waals surface area contributed by atoms with Gasteiger partial charge in [-0.05, 0) is 56.3 Å². The zero-order chi connectivity index (χ0) is 17.7. The molecule has 0 aliphatic heterocycles. The largest absolute Gasteiger partial charge is 0.103 e. The Bertz CT molecular complexity index is 350. The van der Waals surface area contributed by atoms with Crippen molar-refractivity contribution in [3.05, 3.63) is 24.8 Å². The Kier molecular flexibility index (Phi) is 10.6. The lowest BCUT2D eigenvalue weighted by atomic mass is 9.76. The number of hydrogen-bond acceptors (Lipinski definition) is 0. The molecule has 25 heavy (non-hydrogen) atoms. The Morgan fingerprint density at radius 3 is 1.44 bits per heavy atom. The van der Waals surface area contributed by atoms with Gasteiger partial charge in [0.25, 0.3) is 0 Å². The first-order chi connectivity index (χ1) is 12.3. The molecular weight excluding hydrogens is 300 g/mol. The van der Waals surface area contributed by atoms with Crippen molar-refractivity contribution in [1.29, 1.82) is 0 Å². The van der Waals surface area contributed by atoms with Gasteiger partial charge in [-0.25, -0.2) is 0 Å². The molecule has 0 radical (unpaired) electrons. The van der Waals surface area contributed by atoms with Gasteiger partial charge >= 0.3 is 0 Å². The second-order valence-electron chi connectivity index (χ2n) is 9.07. The Morgan fingerprint density at radius 2 is 1.04 bits per heavy atom. The van der Waals surface area contributed by atoms with Crippen LogP contribution in [0.1, 0.15) is 110 Å². The quantitative estimate of drug-likeness (QED) is 0.260. The second kappa shape index (κ2) is 12.8. The monoisotopic (exact) mass is 344 g/mol. The van der Waals surface area contributed by atoms with E-state index in [9.17, 15) is 0 Å². The van der Waals surface area contributed by atoms with Gasteiger partial charge in [-0.15, -0.1) is 6.58 Å². The molecule has 0 aromatic heterocycles. The summed E-state index contributed by atoms with van der Waals surface area (Å²) in [6.07, 6.45) is 30.2. The molecule has 0 unspecified atom stereocenters. The maximum atomic E-state index is 3.87. The second-order valence-corrected chi connectivity index (χ2v) is 9.07. The lowest BCUT2D eigenvalue weighted by Crippen LogP contribution is -2.15. The third-order valence-corrected chi connectivity index (χ3v) is 7.16. The predicted molar refractivity (Wildman–Crippen MR) is 113 cm³/mol. The summed E-state index contributed by atoms with van der Waals surface area (Å²) in [6.45, 7) is 6.01. The highest BCUT2D eigenvalue weighted by molar-refractivity contribution is 4.80. The summed E-state index contributed by atoms with van der Waals surface area (Å²) in [5.41, 5.74) is 0. The van der Waals surface area contributed by atoms with E-state index in [-0.39, 0.29) is 0 Å². The SMILES string of the molecule is C=CCCC1CCC(CCCCC2CCC(CCC=CC)CC2)CC1. The van der Waals surface area contributed by atoms with Crippen LogP contribution in [-0.4, -0.2) is 0 Å². The van der Waals surface area contributed by atoms with Crippen LogP contribution in [0, 0.1) is 23.7 Å². The normalized spacial score (nSPS) is 30.6. The molecule has 0 amide bonds. The van der Waals surface area contributed by atoms with Gasteiger partial charge in [0.2, 0.25) is 0 Å². The van der Waals surface area contributed by atoms with Crippen molar-refractivity contribution in [2.75, 3.05) is 0 Å². The Balaban J connectivity index is 1.45. The van der Waals surface area contributed by atoms with Gasteiger partial charge in [-0.2, -0.15) is 0 Å². The zero-order valence-electron chi connectivity index (χ0n) is 17.1. The third kappa shape index (κ3) is 8.61. The molecule has 2 fully saturated rings. The molecule has 0 atom stereocenters. The highest BCUT2D eigenvalue weighted by Gasteiger charge is 2.22. The van der Waals surface area contributed by atoms with Crippen LogP contribution in [0.4, 0.5) is 0 Å². The van der Waals surface area contributed by atoms with Gasteiger partial charge in [0.05, 0.1) is 0 Å². The molecule has 0 saturated heterocycles. The van der Waals surface area contributed by atoms with Gasteiger partial charge in [0.15, 0.2) is 0 Å². The van der Waals surface area contributed by atoms with Crippen LogP contribution in [0.2, 0.25) is 0 Å². The number of rotatable bonds is 11. The summed E-state index contributed by atoms with van der Waals surface area (Å²) in [4.78, 5) is 0. The van der Waals surface area contributed by atoms with Gasteiger partial charge in [0, 0.05) is 0 Å². The number of allylic oxidation sites excluding steroid dienone is 3. The van der Waals surface area contributed by atoms with Crippen molar-refractivity contribution < 1.29 is 0 Å². The van der Waals surface area contributed by atoms with Crippen molar-refractivity contribution in [2.24, 2.45) is 23.7 Å². The standard InChI is InChI=1S/C25H44/c1-3-5-7-11-23-18-20-25(21-19-23)13-9-8-12-24-16-14-22(15-17-24)10-6-4-2/h3-5,22-25H,2,6-21H2,1H3. The molecule has 2 aliphatic carbocycles. The van der Waals surface area contributed by atoms with E-state index in [4.69, 9.17) is 0 Å². The summed E-state index contributed by atoms with van der Waals surface area (Å²) < 4.78 is 0. The van der Waals surface area contributed by atoms with Crippen LogP contribution in [0.15, 0.2) is 24.8 Å². The maximum absolute atomic E-state index is 3.87. The average molecular weight is 345 g/mol. The summed E-state index contributed by atoms with van der Waals surface area (Å²) in [5, 5.41) is 0. The topological polar surface area (TPSA) is 0 Å². The van der Waals surface area contributed by atoms with E-state index in [1.807, 2.05) is 0 Å². The van der Waals surface area contributed by atoms with Crippen LogP contribution in [0.3, 0.4) is 0 Å². The van der Waals surface area contributed by atoms with Crippen molar-refractivity contribution in [2.45, 2.75) is 110 Å². The molecule has 2 saturated carbocycles. The smallest absolute Gasteiger partial charge is 0.0348 e. The van der Waals surface area contributed by atoms with E-state index in [2.05, 4.69) is 31.7 Å². The molecule has 2 rings (SSSR count). The summed E-state index contributed by atoms with van der Waals surface area (Å²) >= 11 is 0. The molecule has 2 aliphatic rings. The first-order valence-corrected chi connectivity index (χ1v) is 11.5. The first-order valence-electron chi connectivity index (χ1n) is 11.5. The minimum absolute atomic E-state index is 1.01. The Hall–Kier alpha value is -0.520. The van der Waals surface area contributed by atoms with E-state index >= 15 is 0 Å². The van der Waals surface area contributed by atoms with E-state index < -0.39 is 0 Å². The molecule has 0 spiro atoms. The van der Waals surface area contributed by atoms with Gasteiger partial charge in [-0.3, -0.25) is 0 Å². The number of hydrogen-bond donors (Lipinski definition) is 0. The fourth-order valence-corrected chi connectivity index (χ4v) is 5.34. The molecule has 0 aromatic rings. The highest BCUT2D eigenvalue weighted by Crippen LogP contribution is 2.36. The van der Waals surface area contributed by atoms with Crippen molar-refractivity contribution in [3.63, 3.8) is 0 Å². The molecular formula is C25H44. The first kappa shape index (κ1) is 20.8. The minimum Gasteiger partial charge on any atom is -0.103 e. The highest BCUT2D eigenvalue weighted by atomic mass is 14.3. The predicted octanol–water partition coefficient (Wildman–Crippen LogP) is 8.48. The maximum Gasteiger partial charge on any atom is -0.0348 e. The molecule has 0 N–H and O–H groups in total. The lowest BCUT2D eigenvalue weighted by molar-refractivity contribution is 0.234. The van der Waals surface area contributed by atoms with Crippen LogP contribution in [-0.2, 0) is 0 Å². The Morgan fingerprint density at radius 1 is 0.640 bits per heavy atom. The molecule has 0 bridgehead atoms. The van der Waals surface area contributed by atoms with Gasteiger partial charge in [0.1, 0.15) is 0 Å². The molecule has 0 nitrogen and oxygen atoms in total. The van der Waals surface area contributed by atoms with Crippen LogP contribution in [0.25, 0.3) is 0 Å². The fourth-order valence-electron chi connectivity index (χ4n) is 5.34. The third-order valence-electron chi connectivity index (χ3n) is 7.16. The molecule has 0 heterocycles. The van der Waals surface area contributed by atoms with E-state index in [1.165, 1.54) is 103 Å². The minimum atomic E-state index is 1.01. The molecule has 0 aromatic carbocycles. The summed E-state index contributed by atoms with van der Waals surface area (Å²) in [5.74, 6) is 4.16. The van der Waals surface area contributed by atoms with Crippen LogP contribution in [0.5, 0.6) is 0 Å². The fraction of sp³-hybridized carbons (Fsp3) is 0.840. The van der Waals surface area contributed by atoms with E-state index in [0.29, 0.717) is 0 Å². The van der Waals surface area contributed by atoms with E-state index in [1.54, 1.807) is 0 Å². The van der Waals surface area contributed by atoms with Crippen molar-refractivity contribution in [3.8, 4) is 0 Å². The van der Waals surface area contributed by atoms with Crippen molar-refractivity contribution >= 4 is 0 Å². The van der Waals surface area contributed by atoms with E-state index in [0.717, 1.165) is 23.7 Å². The molecule has 144 valence electrons. The molecule has 0 heteroatoms. The van der Waals surface area contributed by atoms with Gasteiger partial charge in [-0.1, -0.05) is 95.3 Å². The summed E-state index contributed by atoms with van der Waals surface area (Å²) in [7, 11) is 0. The summed E-state index contributed by atoms with van der Waals surface area (Å²) in [6, 6.07) is 0. The zero-order valence-corrected chi connectivity index (χ0v) is 17.1. The number of unbranched alkanes of at least 4 members (excludes halogenated alkanes) is 1. The van der Waals surface area contributed by atoms with Crippen molar-refractivity contribution in [1.82, 2.24) is 0 Å². The Labute approximate surface area is 158 Å². The van der Waals surface area contributed by atoms with Crippen LogP contribution < -0.4 is 0 Å². The van der Waals surface area contributed by atoms with Gasteiger partial charge < -0.3 is 0 Å².